The quantitative estimate of drug-likeness (QED) is 0.907. The van der Waals surface area contributed by atoms with Crippen molar-refractivity contribution >= 4 is 17.5 Å². The highest BCUT2D eigenvalue weighted by Gasteiger charge is 2.49. The van der Waals surface area contributed by atoms with E-state index in [0.717, 1.165) is 28.8 Å². The van der Waals surface area contributed by atoms with Crippen LogP contribution in [0, 0.1) is 5.41 Å². The van der Waals surface area contributed by atoms with Crippen molar-refractivity contribution in [1.82, 2.24) is 9.88 Å². The molecule has 0 saturated carbocycles. The zero-order valence-corrected chi connectivity index (χ0v) is 14.5. The van der Waals surface area contributed by atoms with E-state index in [-0.39, 0.29) is 23.3 Å². The minimum Gasteiger partial charge on any atom is -0.316 e. The van der Waals surface area contributed by atoms with E-state index in [9.17, 15) is 9.59 Å². The second-order valence-corrected chi connectivity index (χ2v) is 7.53. The number of Topliss-reactive ketones (excluding diaryl/α,β-unsaturated/α-hetero) is 1. The predicted octanol–water partition coefficient (Wildman–Crippen LogP) is 3.83. The fourth-order valence-corrected chi connectivity index (χ4v) is 4.01. The van der Waals surface area contributed by atoms with Crippen molar-refractivity contribution < 1.29 is 9.59 Å². The van der Waals surface area contributed by atoms with Gasteiger partial charge in [-0.3, -0.25) is 9.78 Å². The molecule has 1 N–H and O–H groups in total. The van der Waals surface area contributed by atoms with Crippen molar-refractivity contribution in [1.29, 1.82) is 0 Å². The maximum Gasteiger partial charge on any atom is 0.322 e. The number of benzene rings is 1. The SMILES string of the molecule is CC1(C)CN(C(=O)Nc2ccc3c(c2)CCC3=O)C1c1cccnc1. The zero-order valence-electron chi connectivity index (χ0n) is 14.5. The van der Waals surface area contributed by atoms with Crippen molar-refractivity contribution in [3.05, 3.63) is 59.4 Å². The number of nitrogens with zero attached hydrogens (tertiary/aromatic N) is 2. The van der Waals surface area contributed by atoms with Crippen LogP contribution >= 0.6 is 0 Å². The summed E-state index contributed by atoms with van der Waals surface area (Å²) >= 11 is 0. The smallest absolute Gasteiger partial charge is 0.316 e. The molecule has 1 fully saturated rings. The van der Waals surface area contributed by atoms with Crippen molar-refractivity contribution in [2.45, 2.75) is 32.7 Å². The average Bonchev–Trinajstić information content (AvgIpc) is 2.94. The summed E-state index contributed by atoms with van der Waals surface area (Å²) < 4.78 is 0. The van der Waals surface area contributed by atoms with Crippen LogP contribution in [-0.2, 0) is 6.42 Å². The molecule has 1 atom stereocenters. The lowest BCUT2D eigenvalue weighted by Gasteiger charge is -2.54. The van der Waals surface area contributed by atoms with Gasteiger partial charge in [0.2, 0.25) is 0 Å². The van der Waals surface area contributed by atoms with E-state index in [0.29, 0.717) is 13.0 Å². The van der Waals surface area contributed by atoms with E-state index in [4.69, 9.17) is 0 Å². The summed E-state index contributed by atoms with van der Waals surface area (Å²) in [5.74, 6) is 0.189. The van der Waals surface area contributed by atoms with Crippen molar-refractivity contribution in [3.63, 3.8) is 0 Å². The summed E-state index contributed by atoms with van der Waals surface area (Å²) in [6.07, 6.45) is 4.89. The van der Waals surface area contributed by atoms with Crippen LogP contribution in [0.4, 0.5) is 10.5 Å². The number of carbonyl (C=O) groups excluding carboxylic acids is 2. The number of aromatic nitrogens is 1. The number of likely N-dealkylation sites (tertiary alicyclic amines) is 1. The van der Waals surface area contributed by atoms with Crippen molar-refractivity contribution in [3.8, 4) is 0 Å². The number of ketones is 1. The number of hydrogen-bond acceptors (Lipinski definition) is 3. The molecule has 128 valence electrons. The van der Waals surface area contributed by atoms with Gasteiger partial charge in [-0.2, -0.15) is 0 Å². The minimum atomic E-state index is -0.113. The molecule has 1 aliphatic heterocycles. The van der Waals surface area contributed by atoms with Gasteiger partial charge in [0.1, 0.15) is 0 Å². The minimum absolute atomic E-state index is 0.0113. The lowest BCUT2D eigenvalue weighted by molar-refractivity contribution is -0.0117. The van der Waals surface area contributed by atoms with Gasteiger partial charge in [-0.05, 0) is 41.8 Å². The van der Waals surface area contributed by atoms with Gasteiger partial charge in [0, 0.05) is 42.0 Å². The van der Waals surface area contributed by atoms with Crippen molar-refractivity contribution in [2.75, 3.05) is 11.9 Å². The normalized spacial score (nSPS) is 20.8. The van der Waals surface area contributed by atoms with Crippen LogP contribution in [0.5, 0.6) is 0 Å². The summed E-state index contributed by atoms with van der Waals surface area (Å²) in [5, 5.41) is 2.98. The van der Waals surface area contributed by atoms with Crippen LogP contribution in [0.2, 0.25) is 0 Å². The number of amides is 2. The first-order valence-corrected chi connectivity index (χ1v) is 8.59. The number of hydrogen-bond donors (Lipinski definition) is 1. The van der Waals surface area contributed by atoms with Crippen LogP contribution < -0.4 is 5.32 Å². The number of fused-ring (bicyclic) bond motifs is 1. The van der Waals surface area contributed by atoms with Gasteiger partial charge in [-0.15, -0.1) is 0 Å². The van der Waals surface area contributed by atoms with E-state index in [1.165, 1.54) is 0 Å². The molecule has 0 radical (unpaired) electrons. The van der Waals surface area contributed by atoms with Crippen LogP contribution in [0.3, 0.4) is 0 Å². The number of pyridine rings is 1. The first kappa shape index (κ1) is 15.8. The first-order valence-electron chi connectivity index (χ1n) is 8.59. The summed E-state index contributed by atoms with van der Waals surface area (Å²) in [4.78, 5) is 30.5. The molecule has 0 spiro atoms. The van der Waals surface area contributed by atoms with Gasteiger partial charge in [-0.1, -0.05) is 19.9 Å². The van der Waals surface area contributed by atoms with Gasteiger partial charge in [0.05, 0.1) is 6.04 Å². The third-order valence-corrected chi connectivity index (χ3v) is 5.17. The Balaban J connectivity index is 1.53. The third-order valence-electron chi connectivity index (χ3n) is 5.17. The van der Waals surface area contributed by atoms with Gasteiger partial charge in [0.15, 0.2) is 5.78 Å². The largest absolute Gasteiger partial charge is 0.322 e. The fourth-order valence-electron chi connectivity index (χ4n) is 4.01. The number of urea groups is 1. The third kappa shape index (κ3) is 2.69. The van der Waals surface area contributed by atoms with Gasteiger partial charge < -0.3 is 10.2 Å². The standard InChI is InChI=1S/C20H21N3O2/c1-20(2)12-23(18(20)14-4-3-9-21-11-14)19(25)22-15-6-7-16-13(10-15)5-8-17(16)24/h3-4,6-7,9-11,18H,5,8,12H2,1-2H3,(H,22,25). The molecule has 5 nitrogen and oxygen atoms in total. The van der Waals surface area contributed by atoms with E-state index < -0.39 is 0 Å². The maximum atomic E-state index is 12.8. The molecule has 1 aliphatic carbocycles. The number of nitrogens with one attached hydrogen (secondary N) is 1. The molecule has 1 aromatic heterocycles. The van der Waals surface area contributed by atoms with Gasteiger partial charge in [-0.25, -0.2) is 4.79 Å². The second kappa shape index (κ2) is 5.69. The Morgan fingerprint density at radius 3 is 2.84 bits per heavy atom. The molecule has 25 heavy (non-hydrogen) atoms. The molecule has 0 bridgehead atoms. The molecule has 1 saturated heterocycles. The number of rotatable bonds is 2. The molecule has 1 aromatic carbocycles. The molecule has 2 amide bonds. The molecule has 2 aromatic rings. The molecule has 5 heteroatoms. The van der Waals surface area contributed by atoms with Gasteiger partial charge >= 0.3 is 6.03 Å². The highest BCUT2D eigenvalue weighted by atomic mass is 16.2. The van der Waals surface area contributed by atoms with E-state index in [1.807, 2.05) is 41.4 Å². The van der Waals surface area contributed by atoms with Crippen LogP contribution in [0.1, 0.15) is 47.8 Å². The summed E-state index contributed by atoms with van der Waals surface area (Å²) in [7, 11) is 0. The Morgan fingerprint density at radius 2 is 2.12 bits per heavy atom. The Kier molecular flexibility index (Phi) is 3.60. The van der Waals surface area contributed by atoms with E-state index >= 15 is 0 Å². The Morgan fingerprint density at radius 1 is 1.28 bits per heavy atom. The summed E-state index contributed by atoms with van der Waals surface area (Å²) in [6.45, 7) is 5.02. The molecule has 2 aliphatic rings. The van der Waals surface area contributed by atoms with E-state index in [2.05, 4.69) is 24.1 Å². The fraction of sp³-hybridized carbons (Fsp3) is 0.350. The lowest BCUT2D eigenvalue weighted by Crippen LogP contribution is -2.59. The second-order valence-electron chi connectivity index (χ2n) is 7.53. The average molecular weight is 335 g/mol. The molecular weight excluding hydrogens is 314 g/mol. The number of carbonyl (C=O) groups is 2. The highest BCUT2D eigenvalue weighted by Crippen LogP contribution is 2.48. The van der Waals surface area contributed by atoms with Crippen LogP contribution in [0.15, 0.2) is 42.7 Å². The Hall–Kier alpha value is -2.69. The molecule has 1 unspecified atom stereocenters. The Bertz CT molecular complexity index is 845. The zero-order chi connectivity index (χ0) is 17.6. The molecule has 4 rings (SSSR count). The van der Waals surface area contributed by atoms with E-state index in [1.54, 1.807) is 6.20 Å². The van der Waals surface area contributed by atoms with Crippen LogP contribution in [0.25, 0.3) is 0 Å². The predicted molar refractivity (Wildman–Crippen MR) is 95.6 cm³/mol. The van der Waals surface area contributed by atoms with Gasteiger partial charge in [0.25, 0.3) is 0 Å². The highest BCUT2D eigenvalue weighted by molar-refractivity contribution is 6.01. The summed E-state index contributed by atoms with van der Waals surface area (Å²) in [6, 6.07) is 9.36. The van der Waals surface area contributed by atoms with Crippen molar-refractivity contribution in [2.24, 2.45) is 5.41 Å². The summed E-state index contributed by atoms with van der Waals surface area (Å²) in [5.41, 5.74) is 3.62. The molecule has 2 heterocycles. The monoisotopic (exact) mass is 335 g/mol. The topological polar surface area (TPSA) is 62.3 Å². The lowest BCUT2D eigenvalue weighted by atomic mass is 9.72. The van der Waals surface area contributed by atoms with Crippen LogP contribution in [-0.4, -0.2) is 28.2 Å². The first-order chi connectivity index (χ1) is 12.0. The number of anilines is 1. The Labute approximate surface area is 147 Å². The maximum absolute atomic E-state index is 12.8. The molecular formula is C20H21N3O2. The number of aryl methyl sites for hydroxylation is 1.